The van der Waals surface area contributed by atoms with Crippen LogP contribution in [0.15, 0.2) is 0 Å². The van der Waals surface area contributed by atoms with Gasteiger partial charge in [0.25, 0.3) is 0 Å². The average molecular weight is 696 g/mol. The quantitative estimate of drug-likeness (QED) is 0.0515. The highest BCUT2D eigenvalue weighted by Gasteiger charge is 2.26. The van der Waals surface area contributed by atoms with E-state index in [2.05, 4.69) is 46.4 Å². The summed E-state index contributed by atoms with van der Waals surface area (Å²) in [6.07, 6.45) is 27.9. The summed E-state index contributed by atoms with van der Waals surface area (Å²) in [6.45, 7) is 17.7. The van der Waals surface area contributed by atoms with E-state index in [9.17, 15) is 14.7 Å². The van der Waals surface area contributed by atoms with Crippen LogP contribution >= 0.6 is 0 Å². The summed E-state index contributed by atoms with van der Waals surface area (Å²) in [4.78, 5) is 27.9. The molecule has 0 aromatic heterocycles. The molecule has 0 unspecified atom stereocenters. The molecule has 0 heterocycles. The first-order valence-corrected chi connectivity index (χ1v) is 21.6. The molecule has 0 saturated heterocycles. The Morgan fingerprint density at radius 2 is 0.816 bits per heavy atom. The average Bonchev–Trinajstić information content (AvgIpc) is 3.09. The molecule has 0 aliphatic carbocycles. The van der Waals surface area contributed by atoms with Crippen molar-refractivity contribution >= 4 is 11.9 Å². The van der Waals surface area contributed by atoms with Crippen LogP contribution in [0.3, 0.4) is 0 Å². The number of hydrogen-bond acceptors (Lipinski definition) is 6. The van der Waals surface area contributed by atoms with Gasteiger partial charge in [0.15, 0.2) is 0 Å². The molecule has 0 fully saturated rings. The Labute approximate surface area is 305 Å². The first-order valence-electron chi connectivity index (χ1n) is 21.6. The molecule has 1 N–H and O–H groups in total. The van der Waals surface area contributed by atoms with Crippen molar-refractivity contribution in [3.05, 3.63) is 0 Å². The van der Waals surface area contributed by atoms with Crippen molar-refractivity contribution in [2.24, 2.45) is 11.8 Å². The maximum atomic E-state index is 12.6. The first-order chi connectivity index (χ1) is 23.8. The van der Waals surface area contributed by atoms with Gasteiger partial charge in [0, 0.05) is 0 Å². The fourth-order valence-electron chi connectivity index (χ4n) is 7.10. The summed E-state index contributed by atoms with van der Waals surface area (Å²) in [5.74, 6) is 0.154. The highest BCUT2D eigenvalue weighted by atomic mass is 16.5. The van der Waals surface area contributed by atoms with Crippen molar-refractivity contribution in [3.8, 4) is 0 Å². The molecule has 6 nitrogen and oxygen atoms in total. The van der Waals surface area contributed by atoms with E-state index in [0.717, 1.165) is 167 Å². The van der Waals surface area contributed by atoms with Gasteiger partial charge < -0.3 is 19.5 Å². The third-order valence-corrected chi connectivity index (χ3v) is 10.3. The Balaban J connectivity index is 4.67. The predicted molar refractivity (Wildman–Crippen MR) is 209 cm³/mol. The molecule has 0 spiro atoms. The normalized spacial score (nSPS) is 12.0. The number of rotatable bonds is 37. The van der Waals surface area contributed by atoms with Crippen molar-refractivity contribution in [1.29, 1.82) is 0 Å². The molecule has 49 heavy (non-hydrogen) atoms. The number of aliphatic hydroxyl groups is 1. The van der Waals surface area contributed by atoms with Crippen LogP contribution in [-0.2, 0) is 19.1 Å². The van der Waals surface area contributed by atoms with E-state index in [0.29, 0.717) is 13.2 Å². The van der Waals surface area contributed by atoms with Crippen LogP contribution in [0.25, 0.3) is 0 Å². The van der Waals surface area contributed by atoms with Crippen molar-refractivity contribution < 1.29 is 24.2 Å². The minimum atomic E-state index is -0.600. The molecular formula is C43H85NO5. The maximum Gasteiger partial charge on any atom is 0.308 e. The van der Waals surface area contributed by atoms with Crippen molar-refractivity contribution in [2.75, 3.05) is 32.8 Å². The highest BCUT2D eigenvalue weighted by Crippen LogP contribution is 2.29. The topological polar surface area (TPSA) is 76.1 Å². The summed E-state index contributed by atoms with van der Waals surface area (Å²) < 4.78 is 11.4. The lowest BCUT2D eigenvalue weighted by Gasteiger charge is -2.29. The van der Waals surface area contributed by atoms with Crippen LogP contribution in [0, 0.1) is 11.8 Å². The smallest absolute Gasteiger partial charge is 0.308 e. The molecule has 0 atom stereocenters. The van der Waals surface area contributed by atoms with Gasteiger partial charge in [0.1, 0.15) is 0 Å². The number of esters is 2. The Bertz CT molecular complexity index is 676. The number of hydrogen-bond donors (Lipinski definition) is 1. The van der Waals surface area contributed by atoms with E-state index in [1.54, 1.807) is 0 Å². The zero-order valence-electron chi connectivity index (χ0n) is 33.8. The molecule has 0 saturated carbocycles. The second-order valence-corrected chi connectivity index (χ2v) is 15.1. The van der Waals surface area contributed by atoms with Gasteiger partial charge in [-0.05, 0) is 103 Å². The van der Waals surface area contributed by atoms with Gasteiger partial charge in [-0.1, -0.05) is 131 Å². The highest BCUT2D eigenvalue weighted by molar-refractivity contribution is 5.72. The molecule has 6 heteroatoms. The Morgan fingerprint density at radius 1 is 0.469 bits per heavy atom. The van der Waals surface area contributed by atoms with Gasteiger partial charge in [-0.15, -0.1) is 0 Å². The maximum absolute atomic E-state index is 12.6. The summed E-state index contributed by atoms with van der Waals surface area (Å²) in [6, 6.07) is 0. The lowest BCUT2D eigenvalue weighted by atomic mass is 9.85. The van der Waals surface area contributed by atoms with Crippen molar-refractivity contribution in [3.63, 3.8) is 0 Å². The molecule has 0 bridgehead atoms. The summed E-state index contributed by atoms with van der Waals surface area (Å²) in [5, 5.41) is 11.8. The van der Waals surface area contributed by atoms with Gasteiger partial charge in [0.05, 0.1) is 30.7 Å². The van der Waals surface area contributed by atoms with Gasteiger partial charge >= 0.3 is 11.9 Å². The van der Waals surface area contributed by atoms with E-state index < -0.39 is 5.60 Å². The Morgan fingerprint density at radius 3 is 1.16 bits per heavy atom. The lowest BCUT2D eigenvalue weighted by molar-refractivity contribution is -0.150. The zero-order valence-corrected chi connectivity index (χ0v) is 33.8. The van der Waals surface area contributed by atoms with Crippen LogP contribution in [0.4, 0.5) is 0 Å². The van der Waals surface area contributed by atoms with Gasteiger partial charge in [-0.25, -0.2) is 0 Å². The molecule has 0 radical (unpaired) electrons. The number of ether oxygens (including phenoxy) is 2. The minimum absolute atomic E-state index is 0.00835. The molecule has 292 valence electrons. The van der Waals surface area contributed by atoms with E-state index in [1.165, 1.54) is 25.9 Å². The molecule has 0 aromatic carbocycles. The predicted octanol–water partition coefficient (Wildman–Crippen LogP) is 12.0. The molecule has 0 amide bonds. The first kappa shape index (κ1) is 47.9. The number of carbonyl (C=O) groups is 2. The van der Waals surface area contributed by atoms with Crippen molar-refractivity contribution in [1.82, 2.24) is 4.90 Å². The van der Waals surface area contributed by atoms with E-state index in [-0.39, 0.29) is 23.8 Å². The fraction of sp³-hybridized carbons (Fsp3) is 0.953. The van der Waals surface area contributed by atoms with E-state index in [1.807, 2.05) is 0 Å². The van der Waals surface area contributed by atoms with Crippen LogP contribution < -0.4 is 0 Å². The number of nitrogens with zero attached hydrogens (tertiary/aromatic N) is 1. The summed E-state index contributed by atoms with van der Waals surface area (Å²) in [7, 11) is 0. The van der Waals surface area contributed by atoms with Crippen LogP contribution in [0.1, 0.15) is 215 Å². The van der Waals surface area contributed by atoms with Gasteiger partial charge in [0.2, 0.25) is 0 Å². The number of unbranched alkanes of at least 4 members (excludes halogenated alkanes) is 11. The minimum Gasteiger partial charge on any atom is -0.465 e. The van der Waals surface area contributed by atoms with Crippen LogP contribution in [-0.4, -0.2) is 60.4 Å². The fourth-order valence-corrected chi connectivity index (χ4v) is 7.10. The SMILES string of the molecule is CCCCC(CCCC)C(=O)OCCCCCCC(O)(CCCCCCOC(=O)C(CCCC)CCCC)CCCCN(CCC)CCC. The second-order valence-electron chi connectivity index (χ2n) is 15.1. The lowest BCUT2D eigenvalue weighted by Crippen LogP contribution is -2.30. The van der Waals surface area contributed by atoms with Crippen molar-refractivity contribution in [2.45, 2.75) is 221 Å². The summed E-state index contributed by atoms with van der Waals surface area (Å²) >= 11 is 0. The number of carbonyl (C=O) groups excluding carboxylic acids is 2. The standard InChI is InChI=1S/C43H85NO5/c1-7-13-27-39(28-14-8-2)41(45)48-37-25-19-17-21-31-43(47,33-23-24-36-44(34-11-5)35-12-6)32-22-18-20-26-38-49-42(46)40(29-15-9-3)30-16-10-4/h39-40,47H,7-38H2,1-6H3. The zero-order chi connectivity index (χ0) is 36.4. The molecule has 0 aliphatic heterocycles. The third-order valence-electron chi connectivity index (χ3n) is 10.3. The largest absolute Gasteiger partial charge is 0.465 e. The summed E-state index contributed by atoms with van der Waals surface area (Å²) in [5.41, 5.74) is -0.600. The van der Waals surface area contributed by atoms with Gasteiger partial charge in [-0.3, -0.25) is 9.59 Å². The third kappa shape index (κ3) is 27.2. The Hall–Kier alpha value is -1.14. The molecule has 0 aromatic rings. The van der Waals surface area contributed by atoms with Crippen LogP contribution in [0.2, 0.25) is 0 Å². The van der Waals surface area contributed by atoms with E-state index >= 15 is 0 Å². The Kier molecular flexibility index (Phi) is 33.2. The second kappa shape index (κ2) is 34.0. The monoisotopic (exact) mass is 696 g/mol. The molecular weight excluding hydrogens is 610 g/mol. The van der Waals surface area contributed by atoms with Crippen LogP contribution in [0.5, 0.6) is 0 Å². The molecule has 0 aliphatic rings. The van der Waals surface area contributed by atoms with E-state index in [4.69, 9.17) is 9.47 Å². The van der Waals surface area contributed by atoms with Gasteiger partial charge in [-0.2, -0.15) is 0 Å². The molecule has 0 rings (SSSR count).